The molecule has 0 heterocycles. The van der Waals surface area contributed by atoms with Crippen molar-refractivity contribution >= 4 is 5.78 Å². The summed E-state index contributed by atoms with van der Waals surface area (Å²) in [6.45, 7) is 8.43. The number of rotatable bonds is 6. The second-order valence-corrected chi connectivity index (χ2v) is 6.76. The molecule has 1 unspecified atom stereocenters. The minimum atomic E-state index is -0.0710. The van der Waals surface area contributed by atoms with Crippen LogP contribution in [0.4, 0.5) is 0 Å². The van der Waals surface area contributed by atoms with E-state index in [0.717, 1.165) is 23.3 Å². The summed E-state index contributed by atoms with van der Waals surface area (Å²) in [5.41, 5.74) is 8.29. The van der Waals surface area contributed by atoms with Crippen molar-refractivity contribution in [3.8, 4) is 5.75 Å². The summed E-state index contributed by atoms with van der Waals surface area (Å²) in [5, 5.41) is 0. The molecule has 1 aromatic carbocycles. The molecule has 3 heteroatoms. The van der Waals surface area contributed by atoms with E-state index in [4.69, 9.17) is 10.5 Å². The number of hydrogen-bond acceptors (Lipinski definition) is 3. The smallest absolute Gasteiger partial charge is 0.138 e. The molecule has 0 aromatic heterocycles. The molecule has 0 aliphatic rings. The molecule has 0 saturated carbocycles. The molecule has 0 spiro atoms. The predicted octanol–water partition coefficient (Wildman–Crippen LogP) is 3.27. The SMILES string of the molecule is COc1ccc(C)cc1CC(=O)CC(N)CC(C)(C)C. The van der Waals surface area contributed by atoms with Crippen molar-refractivity contribution in [1.82, 2.24) is 0 Å². The number of ether oxygens (including phenoxy) is 1. The number of hydrogen-bond donors (Lipinski definition) is 1. The van der Waals surface area contributed by atoms with Gasteiger partial charge < -0.3 is 10.5 Å². The first-order chi connectivity index (χ1) is 9.21. The van der Waals surface area contributed by atoms with Gasteiger partial charge in [-0.05, 0) is 24.8 Å². The molecule has 0 aliphatic carbocycles. The van der Waals surface area contributed by atoms with Gasteiger partial charge in [-0.2, -0.15) is 0 Å². The molecule has 1 aromatic rings. The zero-order chi connectivity index (χ0) is 15.3. The van der Waals surface area contributed by atoms with Crippen LogP contribution < -0.4 is 10.5 Å². The largest absolute Gasteiger partial charge is 0.496 e. The molecule has 0 bridgehead atoms. The Morgan fingerprint density at radius 1 is 1.35 bits per heavy atom. The van der Waals surface area contributed by atoms with Crippen molar-refractivity contribution in [2.24, 2.45) is 11.1 Å². The van der Waals surface area contributed by atoms with Crippen LogP contribution in [0.25, 0.3) is 0 Å². The summed E-state index contributed by atoms with van der Waals surface area (Å²) in [7, 11) is 1.63. The quantitative estimate of drug-likeness (QED) is 0.868. The van der Waals surface area contributed by atoms with Gasteiger partial charge in [-0.25, -0.2) is 0 Å². The molecular formula is C17H27NO2. The van der Waals surface area contributed by atoms with Gasteiger partial charge in [-0.3, -0.25) is 4.79 Å². The van der Waals surface area contributed by atoms with Gasteiger partial charge in [-0.1, -0.05) is 38.5 Å². The van der Waals surface area contributed by atoms with E-state index < -0.39 is 0 Å². The lowest BCUT2D eigenvalue weighted by Gasteiger charge is -2.22. The number of carbonyl (C=O) groups is 1. The Labute approximate surface area is 122 Å². The number of nitrogens with two attached hydrogens (primary N) is 1. The molecule has 112 valence electrons. The number of carbonyl (C=O) groups excluding carboxylic acids is 1. The number of ketones is 1. The maximum absolute atomic E-state index is 12.2. The van der Waals surface area contributed by atoms with E-state index >= 15 is 0 Å². The highest BCUT2D eigenvalue weighted by Gasteiger charge is 2.19. The highest BCUT2D eigenvalue weighted by Crippen LogP contribution is 2.23. The van der Waals surface area contributed by atoms with E-state index in [0.29, 0.717) is 12.8 Å². The van der Waals surface area contributed by atoms with Crippen LogP contribution in [-0.4, -0.2) is 18.9 Å². The van der Waals surface area contributed by atoms with Gasteiger partial charge in [-0.15, -0.1) is 0 Å². The van der Waals surface area contributed by atoms with Crippen LogP contribution >= 0.6 is 0 Å². The maximum atomic E-state index is 12.2. The normalized spacial score (nSPS) is 13.1. The fourth-order valence-electron chi connectivity index (χ4n) is 2.48. The highest BCUT2D eigenvalue weighted by atomic mass is 16.5. The van der Waals surface area contributed by atoms with Crippen LogP contribution in [-0.2, 0) is 11.2 Å². The van der Waals surface area contributed by atoms with Crippen LogP contribution in [0.3, 0.4) is 0 Å². The minimum absolute atomic E-state index is 0.0710. The van der Waals surface area contributed by atoms with E-state index in [1.807, 2.05) is 25.1 Å². The molecule has 0 saturated heterocycles. The fourth-order valence-corrected chi connectivity index (χ4v) is 2.48. The average Bonchev–Trinajstić information content (AvgIpc) is 2.26. The van der Waals surface area contributed by atoms with Crippen molar-refractivity contribution < 1.29 is 9.53 Å². The standard InChI is InChI=1S/C17H27NO2/c1-12-6-7-16(20-5)13(8-12)9-15(19)10-14(18)11-17(2,3)4/h6-8,14H,9-11,18H2,1-5H3. The number of benzene rings is 1. The van der Waals surface area contributed by atoms with E-state index in [-0.39, 0.29) is 17.2 Å². The average molecular weight is 277 g/mol. The molecular weight excluding hydrogens is 250 g/mol. The highest BCUT2D eigenvalue weighted by molar-refractivity contribution is 5.82. The molecule has 0 radical (unpaired) electrons. The minimum Gasteiger partial charge on any atom is -0.496 e. The maximum Gasteiger partial charge on any atom is 0.138 e. The van der Waals surface area contributed by atoms with Gasteiger partial charge in [0.2, 0.25) is 0 Å². The Kier molecular flexibility index (Phi) is 5.75. The Bertz CT molecular complexity index is 461. The first-order valence-corrected chi connectivity index (χ1v) is 7.12. The molecule has 0 aliphatic heterocycles. The Morgan fingerprint density at radius 3 is 2.55 bits per heavy atom. The molecule has 0 amide bonds. The zero-order valence-electron chi connectivity index (χ0n) is 13.3. The van der Waals surface area contributed by atoms with E-state index in [9.17, 15) is 4.79 Å². The second-order valence-electron chi connectivity index (χ2n) is 6.76. The van der Waals surface area contributed by atoms with Gasteiger partial charge >= 0.3 is 0 Å². The van der Waals surface area contributed by atoms with Crippen LogP contribution in [0.2, 0.25) is 0 Å². The zero-order valence-corrected chi connectivity index (χ0v) is 13.3. The van der Waals surface area contributed by atoms with Gasteiger partial charge in [0.25, 0.3) is 0 Å². The third-order valence-corrected chi connectivity index (χ3v) is 3.19. The third-order valence-electron chi connectivity index (χ3n) is 3.19. The fraction of sp³-hybridized carbons (Fsp3) is 0.588. The first kappa shape index (κ1) is 16.7. The van der Waals surface area contributed by atoms with E-state index in [2.05, 4.69) is 20.8 Å². The van der Waals surface area contributed by atoms with Crippen molar-refractivity contribution in [2.75, 3.05) is 7.11 Å². The number of aryl methyl sites for hydroxylation is 1. The van der Waals surface area contributed by atoms with Crippen molar-refractivity contribution in [3.05, 3.63) is 29.3 Å². The summed E-state index contributed by atoms with van der Waals surface area (Å²) < 4.78 is 5.30. The van der Waals surface area contributed by atoms with Crippen molar-refractivity contribution in [1.29, 1.82) is 0 Å². The van der Waals surface area contributed by atoms with Gasteiger partial charge in [0.1, 0.15) is 11.5 Å². The van der Waals surface area contributed by atoms with E-state index in [1.54, 1.807) is 7.11 Å². The van der Waals surface area contributed by atoms with Gasteiger partial charge in [0, 0.05) is 24.4 Å². The predicted molar refractivity (Wildman–Crippen MR) is 83.1 cm³/mol. The van der Waals surface area contributed by atoms with Crippen LogP contribution in [0.5, 0.6) is 5.75 Å². The van der Waals surface area contributed by atoms with E-state index in [1.165, 1.54) is 0 Å². The Morgan fingerprint density at radius 2 is 2.00 bits per heavy atom. The Hall–Kier alpha value is -1.35. The second kappa shape index (κ2) is 6.89. The topological polar surface area (TPSA) is 52.3 Å². The van der Waals surface area contributed by atoms with Crippen LogP contribution in [0, 0.1) is 12.3 Å². The molecule has 0 fully saturated rings. The summed E-state index contributed by atoms with van der Waals surface area (Å²) in [4.78, 5) is 12.2. The number of methoxy groups -OCH3 is 1. The molecule has 2 N–H and O–H groups in total. The molecule has 3 nitrogen and oxygen atoms in total. The summed E-state index contributed by atoms with van der Waals surface area (Å²) >= 11 is 0. The van der Waals surface area contributed by atoms with Crippen molar-refractivity contribution in [2.45, 2.75) is 53.0 Å². The number of Topliss-reactive ketones (excluding diaryl/α,β-unsaturated/α-hetero) is 1. The van der Waals surface area contributed by atoms with Gasteiger partial charge in [0.05, 0.1) is 7.11 Å². The summed E-state index contributed by atoms with van der Waals surface area (Å²) in [5.74, 6) is 0.944. The summed E-state index contributed by atoms with van der Waals surface area (Å²) in [6.07, 6.45) is 1.67. The molecule has 1 rings (SSSR count). The van der Waals surface area contributed by atoms with Crippen LogP contribution in [0.15, 0.2) is 18.2 Å². The summed E-state index contributed by atoms with van der Waals surface area (Å²) in [6, 6.07) is 5.83. The van der Waals surface area contributed by atoms with Crippen molar-refractivity contribution in [3.63, 3.8) is 0 Å². The third kappa shape index (κ3) is 5.74. The molecule has 1 atom stereocenters. The molecule has 20 heavy (non-hydrogen) atoms. The van der Waals surface area contributed by atoms with Crippen LogP contribution in [0.1, 0.15) is 44.7 Å². The lowest BCUT2D eigenvalue weighted by atomic mass is 9.86. The first-order valence-electron chi connectivity index (χ1n) is 7.12. The Balaban J connectivity index is 2.65. The lowest BCUT2D eigenvalue weighted by molar-refractivity contribution is -0.118. The van der Waals surface area contributed by atoms with Gasteiger partial charge in [0.15, 0.2) is 0 Å². The monoisotopic (exact) mass is 277 g/mol. The lowest BCUT2D eigenvalue weighted by Crippen LogP contribution is -2.29.